The zero-order chi connectivity index (χ0) is 15.1. The monoisotopic (exact) mass is 301 g/mol. The fraction of sp³-hybridized carbons (Fsp3) is 0.125. The minimum absolute atomic E-state index is 0.146. The number of hydrogen-bond acceptors (Lipinski definition) is 3. The largest absolute Gasteiger partial charge is 0.384 e. The van der Waals surface area contributed by atoms with Crippen LogP contribution >= 0.6 is 0 Å². The normalized spacial score (nSPS) is 10.7. The molecule has 0 unspecified atom stereocenters. The lowest BCUT2D eigenvalue weighted by atomic mass is 10.1. The third-order valence-corrected chi connectivity index (χ3v) is 4.24. The molecule has 0 aliphatic carbocycles. The summed E-state index contributed by atoms with van der Waals surface area (Å²) < 4.78 is 26.8. The van der Waals surface area contributed by atoms with Crippen molar-refractivity contribution in [2.75, 3.05) is 6.61 Å². The quantitative estimate of drug-likeness (QED) is 0.841. The maximum Gasteiger partial charge on any atom is 0.240 e. The summed E-state index contributed by atoms with van der Waals surface area (Å²) >= 11 is 0. The molecule has 0 aliphatic rings. The molecule has 108 valence electrons. The van der Waals surface area contributed by atoms with Gasteiger partial charge in [-0.3, -0.25) is 0 Å². The highest BCUT2D eigenvalue weighted by Gasteiger charge is 2.13. The summed E-state index contributed by atoms with van der Waals surface area (Å²) in [7, 11) is -3.54. The first-order chi connectivity index (χ1) is 10.1. The predicted octanol–water partition coefficient (Wildman–Crippen LogP) is 1.51. The van der Waals surface area contributed by atoms with Crippen LogP contribution < -0.4 is 4.72 Å². The molecule has 2 N–H and O–H groups in total. The Morgan fingerprint density at radius 2 is 1.67 bits per heavy atom. The Balaban J connectivity index is 2.17. The van der Waals surface area contributed by atoms with E-state index in [2.05, 4.69) is 16.6 Å². The van der Waals surface area contributed by atoms with Gasteiger partial charge in [0.1, 0.15) is 6.61 Å². The van der Waals surface area contributed by atoms with Crippen molar-refractivity contribution in [2.45, 2.75) is 11.4 Å². The van der Waals surface area contributed by atoms with Gasteiger partial charge in [-0.25, -0.2) is 13.1 Å². The van der Waals surface area contributed by atoms with Crippen LogP contribution in [0.15, 0.2) is 59.5 Å². The van der Waals surface area contributed by atoms with Crippen LogP contribution in [0.25, 0.3) is 0 Å². The van der Waals surface area contributed by atoms with Gasteiger partial charge in [-0.2, -0.15) is 0 Å². The lowest BCUT2D eigenvalue weighted by Gasteiger charge is -2.08. The van der Waals surface area contributed by atoms with E-state index in [0.29, 0.717) is 5.56 Å². The average molecular weight is 301 g/mol. The molecule has 0 aromatic heterocycles. The zero-order valence-electron chi connectivity index (χ0n) is 11.3. The van der Waals surface area contributed by atoms with Crippen molar-refractivity contribution in [1.82, 2.24) is 4.72 Å². The molecule has 2 aromatic carbocycles. The van der Waals surface area contributed by atoms with Crippen molar-refractivity contribution in [3.8, 4) is 11.8 Å². The molecular weight excluding hydrogens is 286 g/mol. The molecule has 0 fully saturated rings. The van der Waals surface area contributed by atoms with Gasteiger partial charge in [-0.05, 0) is 23.8 Å². The van der Waals surface area contributed by atoms with Crippen molar-refractivity contribution in [2.24, 2.45) is 0 Å². The van der Waals surface area contributed by atoms with E-state index in [1.165, 1.54) is 0 Å². The Kier molecular flexibility index (Phi) is 5.12. The Hall–Kier alpha value is -2.13. The highest BCUT2D eigenvalue weighted by molar-refractivity contribution is 7.89. The standard InChI is InChI=1S/C16H15NO3S/c18-12-6-9-14-7-4-5-8-15(14)13-17-21(19,20)16-10-2-1-3-11-16/h1-5,7-8,10-11,17-18H,12-13H2. The Morgan fingerprint density at radius 1 is 1.00 bits per heavy atom. The van der Waals surface area contributed by atoms with E-state index in [1.54, 1.807) is 42.5 Å². The van der Waals surface area contributed by atoms with Gasteiger partial charge in [0.25, 0.3) is 0 Å². The van der Waals surface area contributed by atoms with Crippen molar-refractivity contribution in [3.05, 3.63) is 65.7 Å². The molecule has 21 heavy (non-hydrogen) atoms. The first-order valence-corrected chi connectivity index (χ1v) is 7.84. The number of benzene rings is 2. The summed E-state index contributed by atoms with van der Waals surface area (Å²) in [5.74, 6) is 5.37. The third kappa shape index (κ3) is 4.17. The lowest BCUT2D eigenvalue weighted by molar-refractivity contribution is 0.350. The average Bonchev–Trinajstić information content (AvgIpc) is 2.52. The molecule has 4 nitrogen and oxygen atoms in total. The van der Waals surface area contributed by atoms with Gasteiger partial charge >= 0.3 is 0 Å². The molecule has 2 aromatic rings. The molecule has 2 rings (SSSR count). The Morgan fingerprint density at radius 3 is 2.38 bits per heavy atom. The molecule has 0 heterocycles. The van der Waals surface area contributed by atoms with E-state index >= 15 is 0 Å². The molecule has 0 bridgehead atoms. The second kappa shape index (κ2) is 7.04. The number of aliphatic hydroxyl groups is 1. The third-order valence-electron chi connectivity index (χ3n) is 2.83. The van der Waals surface area contributed by atoms with Crippen molar-refractivity contribution in [3.63, 3.8) is 0 Å². The minimum atomic E-state index is -3.54. The molecule has 0 aliphatic heterocycles. The van der Waals surface area contributed by atoms with Crippen LogP contribution in [0.2, 0.25) is 0 Å². The number of sulfonamides is 1. The molecule has 0 spiro atoms. The van der Waals surface area contributed by atoms with Gasteiger partial charge in [-0.15, -0.1) is 0 Å². The van der Waals surface area contributed by atoms with E-state index in [0.717, 1.165) is 5.56 Å². The van der Waals surface area contributed by atoms with Gasteiger partial charge in [0.2, 0.25) is 10.0 Å². The molecular formula is C16H15NO3S. The Labute approximate surface area is 124 Å². The number of aliphatic hydroxyl groups excluding tert-OH is 1. The maximum atomic E-state index is 12.1. The molecule has 0 atom stereocenters. The fourth-order valence-electron chi connectivity index (χ4n) is 1.79. The molecule has 5 heteroatoms. The summed E-state index contributed by atoms with van der Waals surface area (Å²) in [5, 5.41) is 8.74. The van der Waals surface area contributed by atoms with Crippen LogP contribution in [0, 0.1) is 11.8 Å². The van der Waals surface area contributed by atoms with Gasteiger partial charge in [0.15, 0.2) is 0 Å². The van der Waals surface area contributed by atoms with Gasteiger partial charge < -0.3 is 5.11 Å². The second-order valence-electron chi connectivity index (χ2n) is 4.25. The van der Waals surface area contributed by atoms with Gasteiger partial charge in [0.05, 0.1) is 4.90 Å². The highest BCUT2D eigenvalue weighted by Crippen LogP contribution is 2.11. The smallest absolute Gasteiger partial charge is 0.240 e. The number of nitrogens with one attached hydrogen (secondary N) is 1. The number of hydrogen-bond donors (Lipinski definition) is 2. The van der Waals surface area contributed by atoms with Crippen molar-refractivity contribution in [1.29, 1.82) is 0 Å². The van der Waals surface area contributed by atoms with Crippen LogP contribution in [0.1, 0.15) is 11.1 Å². The molecule has 0 saturated heterocycles. The van der Waals surface area contributed by atoms with Crippen LogP contribution in [-0.2, 0) is 16.6 Å². The van der Waals surface area contributed by atoms with Crippen LogP contribution in [0.3, 0.4) is 0 Å². The van der Waals surface area contributed by atoms with E-state index in [9.17, 15) is 8.42 Å². The van der Waals surface area contributed by atoms with E-state index in [-0.39, 0.29) is 18.0 Å². The number of rotatable bonds is 4. The lowest BCUT2D eigenvalue weighted by Crippen LogP contribution is -2.23. The van der Waals surface area contributed by atoms with Gasteiger partial charge in [-0.1, -0.05) is 48.2 Å². The zero-order valence-corrected chi connectivity index (χ0v) is 12.1. The summed E-state index contributed by atoms with van der Waals surface area (Å²) in [5.41, 5.74) is 1.46. The second-order valence-corrected chi connectivity index (χ2v) is 6.02. The summed E-state index contributed by atoms with van der Waals surface area (Å²) in [6.45, 7) is -0.0857. The summed E-state index contributed by atoms with van der Waals surface area (Å²) in [4.78, 5) is 0.226. The van der Waals surface area contributed by atoms with E-state index < -0.39 is 10.0 Å². The minimum Gasteiger partial charge on any atom is -0.384 e. The molecule has 0 radical (unpaired) electrons. The SMILES string of the molecule is O=S(=O)(NCc1ccccc1C#CCO)c1ccccc1. The summed E-state index contributed by atoms with van der Waals surface area (Å²) in [6.07, 6.45) is 0. The van der Waals surface area contributed by atoms with Crippen LogP contribution in [-0.4, -0.2) is 20.1 Å². The van der Waals surface area contributed by atoms with E-state index in [4.69, 9.17) is 5.11 Å². The van der Waals surface area contributed by atoms with E-state index in [1.807, 2.05) is 12.1 Å². The summed E-state index contributed by atoms with van der Waals surface area (Å²) in [6, 6.07) is 15.4. The Bertz CT molecular complexity index is 759. The van der Waals surface area contributed by atoms with Gasteiger partial charge in [0, 0.05) is 12.1 Å². The first-order valence-electron chi connectivity index (χ1n) is 6.36. The highest BCUT2D eigenvalue weighted by atomic mass is 32.2. The van der Waals surface area contributed by atoms with Crippen LogP contribution in [0.4, 0.5) is 0 Å². The molecule has 0 amide bonds. The maximum absolute atomic E-state index is 12.1. The van der Waals surface area contributed by atoms with Crippen molar-refractivity contribution >= 4 is 10.0 Å². The topological polar surface area (TPSA) is 66.4 Å². The van der Waals surface area contributed by atoms with Crippen LogP contribution in [0.5, 0.6) is 0 Å². The molecule has 0 saturated carbocycles. The van der Waals surface area contributed by atoms with Crippen molar-refractivity contribution < 1.29 is 13.5 Å². The predicted molar refractivity (Wildman–Crippen MR) is 80.9 cm³/mol. The first kappa shape index (κ1) is 15.3. The fourth-order valence-corrected chi connectivity index (χ4v) is 2.81.